The highest BCUT2D eigenvalue weighted by molar-refractivity contribution is 5.94. The Kier molecular flexibility index (Phi) is 5.49. The molecule has 10 nitrogen and oxygen atoms in total. The maximum Gasteiger partial charge on any atom is 0.212 e. The molecule has 4 N–H and O–H groups in total. The summed E-state index contributed by atoms with van der Waals surface area (Å²) in [6, 6.07) is 7.79. The van der Waals surface area contributed by atoms with Gasteiger partial charge in [-0.05, 0) is 31.5 Å². The van der Waals surface area contributed by atoms with E-state index in [1.807, 2.05) is 38.2 Å². The van der Waals surface area contributed by atoms with Gasteiger partial charge >= 0.3 is 0 Å². The average Bonchev–Trinajstić information content (AvgIpc) is 3.46. The van der Waals surface area contributed by atoms with Gasteiger partial charge in [-0.25, -0.2) is 14.7 Å². The van der Waals surface area contributed by atoms with E-state index in [1.54, 1.807) is 24.2 Å². The second-order valence-electron chi connectivity index (χ2n) is 9.35. The van der Waals surface area contributed by atoms with Crippen molar-refractivity contribution in [1.29, 1.82) is 0 Å². The highest BCUT2D eigenvalue weighted by Crippen LogP contribution is 2.39. The molecule has 0 saturated carbocycles. The number of hydrogen-bond donors (Lipinski definition) is 3. The second kappa shape index (κ2) is 8.37. The standard InChI is InChI=1S/C24H30N8O2/c1-15-9-17-11-27-24(25,30-21(17)22(29-15)26-13-23(2)7-8-34-14-23)18-6-5-16(10-20(18)33-4)19-12-28-31-32(19)3/h5-6,9-12,30H,7-8,13-14,25H2,1-4H3,(H,26,29). The Morgan fingerprint density at radius 1 is 1.32 bits per heavy atom. The molecule has 1 saturated heterocycles. The van der Waals surface area contributed by atoms with Gasteiger partial charge in [-0.3, -0.25) is 5.73 Å². The normalized spacial score (nSPS) is 23.4. The molecular formula is C24H30N8O2. The van der Waals surface area contributed by atoms with Gasteiger partial charge in [-0.1, -0.05) is 18.2 Å². The fraction of sp³-hybridized carbons (Fsp3) is 0.417. The summed E-state index contributed by atoms with van der Waals surface area (Å²) in [6.07, 6.45) is 4.52. The number of aromatic nitrogens is 4. The molecule has 178 valence electrons. The number of nitrogens with two attached hydrogens (primary N) is 1. The Hall–Kier alpha value is -3.50. The molecule has 0 radical (unpaired) electrons. The summed E-state index contributed by atoms with van der Waals surface area (Å²) in [5.41, 5.74) is 12.0. The largest absolute Gasteiger partial charge is 0.496 e. The molecule has 0 bridgehead atoms. The minimum atomic E-state index is -1.23. The number of ether oxygens (including phenoxy) is 2. The van der Waals surface area contributed by atoms with Crippen molar-refractivity contribution in [2.75, 3.05) is 37.5 Å². The quantitative estimate of drug-likeness (QED) is 0.511. The zero-order valence-electron chi connectivity index (χ0n) is 19.9. The van der Waals surface area contributed by atoms with Crippen LogP contribution in [0.15, 0.2) is 35.5 Å². The zero-order valence-corrected chi connectivity index (χ0v) is 19.9. The number of hydrogen-bond acceptors (Lipinski definition) is 9. The van der Waals surface area contributed by atoms with E-state index in [-0.39, 0.29) is 5.41 Å². The number of rotatable bonds is 6. The fourth-order valence-corrected chi connectivity index (χ4v) is 4.45. The van der Waals surface area contributed by atoms with Crippen molar-refractivity contribution in [1.82, 2.24) is 20.0 Å². The molecule has 5 rings (SSSR count). The van der Waals surface area contributed by atoms with Crippen LogP contribution in [0.3, 0.4) is 0 Å². The van der Waals surface area contributed by atoms with E-state index in [9.17, 15) is 0 Å². The summed E-state index contributed by atoms with van der Waals surface area (Å²) in [7, 11) is 3.47. The number of aryl methyl sites for hydroxylation is 2. The molecule has 34 heavy (non-hydrogen) atoms. The third-order valence-corrected chi connectivity index (χ3v) is 6.51. The number of benzene rings is 1. The minimum absolute atomic E-state index is 0.0700. The van der Waals surface area contributed by atoms with Crippen molar-refractivity contribution in [2.45, 2.75) is 26.1 Å². The lowest BCUT2D eigenvalue weighted by Crippen LogP contribution is -2.45. The Morgan fingerprint density at radius 2 is 2.18 bits per heavy atom. The van der Waals surface area contributed by atoms with Crippen LogP contribution in [0.4, 0.5) is 11.5 Å². The van der Waals surface area contributed by atoms with E-state index < -0.39 is 5.79 Å². The third-order valence-electron chi connectivity index (χ3n) is 6.51. The van der Waals surface area contributed by atoms with Gasteiger partial charge < -0.3 is 20.1 Å². The van der Waals surface area contributed by atoms with Gasteiger partial charge in [-0.15, -0.1) is 5.10 Å². The maximum absolute atomic E-state index is 6.83. The van der Waals surface area contributed by atoms with Gasteiger partial charge in [0.15, 0.2) is 5.82 Å². The van der Waals surface area contributed by atoms with Gasteiger partial charge in [0.1, 0.15) is 5.75 Å². The number of fused-ring (bicyclic) bond motifs is 1. The van der Waals surface area contributed by atoms with Crippen LogP contribution in [0.1, 0.15) is 30.2 Å². The van der Waals surface area contributed by atoms with Crippen molar-refractivity contribution >= 4 is 17.7 Å². The van der Waals surface area contributed by atoms with Gasteiger partial charge in [0.2, 0.25) is 5.79 Å². The summed E-state index contributed by atoms with van der Waals surface area (Å²) in [5.74, 6) is 0.134. The molecule has 10 heteroatoms. The highest BCUT2D eigenvalue weighted by atomic mass is 16.5. The molecular weight excluding hydrogens is 432 g/mol. The third kappa shape index (κ3) is 3.99. The minimum Gasteiger partial charge on any atom is -0.496 e. The lowest BCUT2D eigenvalue weighted by Gasteiger charge is -2.34. The molecule has 1 aromatic carbocycles. The number of nitrogens with one attached hydrogen (secondary N) is 2. The van der Waals surface area contributed by atoms with E-state index in [4.69, 9.17) is 20.2 Å². The molecule has 1 fully saturated rings. The molecule has 0 spiro atoms. The highest BCUT2D eigenvalue weighted by Gasteiger charge is 2.35. The van der Waals surface area contributed by atoms with E-state index in [0.717, 1.165) is 60.2 Å². The Labute approximate surface area is 198 Å². The lowest BCUT2D eigenvalue weighted by molar-refractivity contribution is 0.164. The predicted molar refractivity (Wildman–Crippen MR) is 131 cm³/mol. The predicted octanol–water partition coefficient (Wildman–Crippen LogP) is 2.65. The van der Waals surface area contributed by atoms with Crippen LogP contribution in [0.5, 0.6) is 5.75 Å². The van der Waals surface area contributed by atoms with Gasteiger partial charge in [0.25, 0.3) is 0 Å². The van der Waals surface area contributed by atoms with E-state index in [1.165, 1.54) is 0 Å². The van der Waals surface area contributed by atoms with Crippen molar-refractivity contribution < 1.29 is 9.47 Å². The topological polar surface area (TPSA) is 125 Å². The van der Waals surface area contributed by atoms with Crippen molar-refractivity contribution in [2.24, 2.45) is 23.2 Å². The zero-order chi connectivity index (χ0) is 23.9. The van der Waals surface area contributed by atoms with Gasteiger partial charge in [0.05, 0.1) is 36.9 Å². The second-order valence-corrected chi connectivity index (χ2v) is 9.35. The summed E-state index contributed by atoms with van der Waals surface area (Å²) >= 11 is 0. The van der Waals surface area contributed by atoms with Gasteiger partial charge in [0, 0.05) is 48.6 Å². The van der Waals surface area contributed by atoms with E-state index in [2.05, 4.69) is 32.9 Å². The first-order chi connectivity index (χ1) is 16.3. The van der Waals surface area contributed by atoms with E-state index in [0.29, 0.717) is 11.3 Å². The number of nitrogens with zero attached hydrogens (tertiary/aromatic N) is 5. The number of methoxy groups -OCH3 is 1. The molecule has 2 unspecified atom stereocenters. The Balaban J connectivity index is 1.48. The average molecular weight is 463 g/mol. The summed E-state index contributed by atoms with van der Waals surface area (Å²) in [5, 5.41) is 14.9. The first-order valence-corrected chi connectivity index (χ1v) is 11.3. The molecule has 2 aliphatic rings. The summed E-state index contributed by atoms with van der Waals surface area (Å²) < 4.78 is 13.0. The molecule has 3 aromatic rings. The maximum atomic E-state index is 6.83. The molecule has 2 atom stereocenters. The molecule has 2 aromatic heterocycles. The van der Waals surface area contributed by atoms with Crippen molar-refractivity contribution in [3.05, 3.63) is 47.3 Å². The summed E-state index contributed by atoms with van der Waals surface area (Å²) in [4.78, 5) is 9.44. The fourth-order valence-electron chi connectivity index (χ4n) is 4.45. The number of pyridine rings is 1. The molecule has 0 aliphatic carbocycles. The van der Waals surface area contributed by atoms with E-state index >= 15 is 0 Å². The first kappa shape index (κ1) is 22.3. The van der Waals surface area contributed by atoms with Gasteiger partial charge in [-0.2, -0.15) is 0 Å². The summed E-state index contributed by atoms with van der Waals surface area (Å²) in [6.45, 7) is 6.47. The molecule has 2 aliphatic heterocycles. The van der Waals surface area contributed by atoms with Crippen LogP contribution in [-0.4, -0.2) is 53.1 Å². The van der Waals surface area contributed by atoms with Crippen LogP contribution in [0, 0.1) is 12.3 Å². The van der Waals surface area contributed by atoms with Crippen molar-refractivity contribution in [3.8, 4) is 17.0 Å². The monoisotopic (exact) mass is 462 g/mol. The van der Waals surface area contributed by atoms with Crippen molar-refractivity contribution in [3.63, 3.8) is 0 Å². The van der Waals surface area contributed by atoms with Crippen LogP contribution in [0.2, 0.25) is 0 Å². The molecule has 0 amide bonds. The Morgan fingerprint density at radius 3 is 2.88 bits per heavy atom. The lowest BCUT2D eigenvalue weighted by atomic mass is 9.90. The van der Waals surface area contributed by atoms with Crippen LogP contribution in [-0.2, 0) is 17.6 Å². The smallest absolute Gasteiger partial charge is 0.212 e. The van der Waals surface area contributed by atoms with Crippen LogP contribution >= 0.6 is 0 Å². The first-order valence-electron chi connectivity index (χ1n) is 11.3. The van der Waals surface area contributed by atoms with Crippen LogP contribution in [0.25, 0.3) is 11.3 Å². The SMILES string of the molecule is COc1cc(-c2cnnn2C)ccc1C1(N)N=Cc2cc(C)nc(NCC3(C)CCOC3)c2N1. The van der Waals surface area contributed by atoms with Crippen LogP contribution < -0.4 is 21.1 Å². The number of anilines is 2. The Bertz CT molecular complexity index is 1250. The molecule has 4 heterocycles. The number of aliphatic imine (C=N–C) groups is 1.